The summed E-state index contributed by atoms with van der Waals surface area (Å²) in [5.74, 6) is -0.244. The molecular weight excluding hydrogens is 318 g/mol. The van der Waals surface area contributed by atoms with Gasteiger partial charge in [-0.25, -0.2) is 9.98 Å². The Balaban J connectivity index is 2.18. The van der Waals surface area contributed by atoms with E-state index < -0.39 is 4.92 Å². The van der Waals surface area contributed by atoms with E-state index in [4.69, 9.17) is 17.2 Å². The zero-order chi connectivity index (χ0) is 16.8. The summed E-state index contributed by atoms with van der Waals surface area (Å²) in [6.07, 6.45) is 1.50. The second-order valence-corrected chi connectivity index (χ2v) is 5.25. The summed E-state index contributed by atoms with van der Waals surface area (Å²) < 4.78 is 0. The summed E-state index contributed by atoms with van der Waals surface area (Å²) in [5.41, 5.74) is 16.4. The molecule has 10 heteroatoms. The lowest BCUT2D eigenvalue weighted by Crippen LogP contribution is -2.26. The third-order valence-electron chi connectivity index (χ3n) is 2.49. The minimum atomic E-state index is -0.468. The van der Waals surface area contributed by atoms with E-state index in [1.54, 1.807) is 24.3 Å². The average molecular weight is 331 g/mol. The van der Waals surface area contributed by atoms with Gasteiger partial charge in [-0.3, -0.25) is 10.1 Å². The predicted molar refractivity (Wildman–Crippen MR) is 88.5 cm³/mol. The number of hydrogen-bond acceptors (Lipinski definition) is 5. The summed E-state index contributed by atoms with van der Waals surface area (Å²) in [5, 5.41) is 11.3. The standard InChI is InChI=1S/C13H13N7O2S/c14-12(15)19-13(16)18-8-3-5-9(6-4-8)23-11-10(20(21)22)2-1-7-17-11/h1-7H,(H6,14,15,16,18,19). The lowest BCUT2D eigenvalue weighted by Gasteiger charge is -2.02. The smallest absolute Gasteiger partial charge is 0.301 e. The molecule has 0 saturated carbocycles. The van der Waals surface area contributed by atoms with Crippen molar-refractivity contribution in [3.63, 3.8) is 0 Å². The molecular formula is C13H13N7O2S. The van der Waals surface area contributed by atoms with Crippen LogP contribution in [0, 0.1) is 10.1 Å². The van der Waals surface area contributed by atoms with Gasteiger partial charge in [-0.1, -0.05) is 11.8 Å². The van der Waals surface area contributed by atoms with Gasteiger partial charge >= 0.3 is 5.69 Å². The van der Waals surface area contributed by atoms with Crippen molar-refractivity contribution in [2.75, 3.05) is 0 Å². The fraction of sp³-hybridized carbons (Fsp3) is 0. The molecule has 6 N–H and O–H groups in total. The quantitative estimate of drug-likeness (QED) is 0.330. The van der Waals surface area contributed by atoms with Crippen molar-refractivity contribution in [3.8, 4) is 0 Å². The molecule has 9 nitrogen and oxygen atoms in total. The van der Waals surface area contributed by atoms with Gasteiger partial charge in [0.25, 0.3) is 0 Å². The highest BCUT2D eigenvalue weighted by molar-refractivity contribution is 7.99. The molecule has 0 unspecified atom stereocenters. The molecule has 0 bridgehead atoms. The lowest BCUT2D eigenvalue weighted by atomic mass is 10.3. The van der Waals surface area contributed by atoms with Crippen molar-refractivity contribution >= 4 is 35.1 Å². The number of nitro groups is 1. The zero-order valence-electron chi connectivity index (χ0n) is 11.8. The predicted octanol–water partition coefficient (Wildman–Crippen LogP) is 1.36. The van der Waals surface area contributed by atoms with Crippen LogP contribution >= 0.6 is 11.8 Å². The van der Waals surface area contributed by atoms with E-state index in [2.05, 4.69) is 15.0 Å². The molecule has 1 aromatic heterocycles. The van der Waals surface area contributed by atoms with Crippen LogP contribution in [0.4, 0.5) is 11.4 Å². The van der Waals surface area contributed by atoms with Crippen LogP contribution in [0.2, 0.25) is 0 Å². The third-order valence-corrected chi connectivity index (χ3v) is 3.50. The molecule has 2 aromatic rings. The van der Waals surface area contributed by atoms with Gasteiger partial charge < -0.3 is 17.2 Å². The molecule has 2 rings (SSSR count). The van der Waals surface area contributed by atoms with Gasteiger partial charge in [0.15, 0.2) is 11.0 Å². The SMILES string of the molecule is NC(N)=NC(N)=Nc1ccc(Sc2ncccc2[N+](=O)[O-])cc1. The van der Waals surface area contributed by atoms with Crippen molar-refractivity contribution in [2.45, 2.75) is 9.92 Å². The summed E-state index contributed by atoms with van der Waals surface area (Å²) in [6, 6.07) is 9.78. The van der Waals surface area contributed by atoms with Gasteiger partial charge in [-0.05, 0) is 30.3 Å². The number of hydrogen-bond donors (Lipinski definition) is 3. The molecule has 0 spiro atoms. The highest BCUT2D eigenvalue weighted by atomic mass is 32.2. The number of nitrogens with zero attached hydrogens (tertiary/aromatic N) is 4. The monoisotopic (exact) mass is 331 g/mol. The summed E-state index contributed by atoms with van der Waals surface area (Å²) in [7, 11) is 0. The Morgan fingerprint density at radius 1 is 1.17 bits per heavy atom. The van der Waals surface area contributed by atoms with Crippen molar-refractivity contribution < 1.29 is 4.92 Å². The Kier molecular flexibility index (Phi) is 5.10. The zero-order valence-corrected chi connectivity index (χ0v) is 12.6. The van der Waals surface area contributed by atoms with Gasteiger partial charge in [-0.2, -0.15) is 4.99 Å². The largest absolute Gasteiger partial charge is 0.370 e. The normalized spacial score (nSPS) is 11.0. The molecule has 0 aliphatic carbocycles. The third kappa shape index (κ3) is 4.68. The average Bonchev–Trinajstić information content (AvgIpc) is 2.48. The Morgan fingerprint density at radius 2 is 1.87 bits per heavy atom. The molecule has 1 heterocycles. The number of benzene rings is 1. The van der Waals surface area contributed by atoms with Crippen LogP contribution in [0.25, 0.3) is 0 Å². The first-order valence-corrected chi connectivity index (χ1v) is 7.08. The van der Waals surface area contributed by atoms with E-state index in [0.717, 1.165) is 4.90 Å². The second kappa shape index (κ2) is 7.22. The maximum Gasteiger partial charge on any atom is 0.301 e. The van der Waals surface area contributed by atoms with Crippen LogP contribution in [0.15, 0.2) is 62.5 Å². The lowest BCUT2D eigenvalue weighted by molar-refractivity contribution is -0.388. The topological polar surface area (TPSA) is 159 Å². The Morgan fingerprint density at radius 3 is 2.48 bits per heavy atom. The minimum absolute atomic E-state index is 0.0448. The van der Waals surface area contributed by atoms with Gasteiger partial charge in [0.1, 0.15) is 0 Å². The molecule has 0 aliphatic heterocycles. The fourth-order valence-corrected chi connectivity index (χ4v) is 2.45. The van der Waals surface area contributed by atoms with E-state index in [1.807, 2.05) is 0 Å². The van der Waals surface area contributed by atoms with E-state index >= 15 is 0 Å². The first-order valence-electron chi connectivity index (χ1n) is 6.27. The van der Waals surface area contributed by atoms with Crippen LogP contribution in [0.1, 0.15) is 0 Å². The first kappa shape index (κ1) is 16.2. The second-order valence-electron chi connectivity index (χ2n) is 4.19. The van der Waals surface area contributed by atoms with Crippen LogP contribution in [0.5, 0.6) is 0 Å². The highest BCUT2D eigenvalue weighted by Crippen LogP contribution is 2.33. The van der Waals surface area contributed by atoms with Crippen LogP contribution in [-0.2, 0) is 0 Å². The maximum atomic E-state index is 11.0. The maximum absolute atomic E-state index is 11.0. The number of guanidine groups is 2. The molecule has 0 saturated heterocycles. The van der Waals surface area contributed by atoms with Crippen molar-refractivity contribution in [3.05, 3.63) is 52.7 Å². The molecule has 118 valence electrons. The van der Waals surface area contributed by atoms with Gasteiger partial charge in [-0.15, -0.1) is 0 Å². The van der Waals surface area contributed by atoms with Crippen molar-refractivity contribution in [1.82, 2.24) is 4.98 Å². The Labute approximate surface area is 135 Å². The highest BCUT2D eigenvalue weighted by Gasteiger charge is 2.15. The van der Waals surface area contributed by atoms with Gasteiger partial charge in [0, 0.05) is 17.2 Å². The summed E-state index contributed by atoms with van der Waals surface area (Å²) >= 11 is 1.18. The Hall–Kier alpha value is -3.14. The number of aliphatic imine (C=N–C) groups is 2. The van der Waals surface area contributed by atoms with Crippen LogP contribution in [-0.4, -0.2) is 21.8 Å². The number of rotatable bonds is 4. The molecule has 0 fully saturated rings. The molecule has 0 amide bonds. The molecule has 23 heavy (non-hydrogen) atoms. The fourth-order valence-electron chi connectivity index (χ4n) is 1.59. The number of aromatic nitrogens is 1. The molecule has 0 aliphatic rings. The minimum Gasteiger partial charge on any atom is -0.370 e. The van der Waals surface area contributed by atoms with E-state index in [-0.39, 0.29) is 17.6 Å². The van der Waals surface area contributed by atoms with Crippen molar-refractivity contribution in [1.29, 1.82) is 0 Å². The van der Waals surface area contributed by atoms with E-state index in [1.165, 1.54) is 30.1 Å². The number of nitrogens with two attached hydrogens (primary N) is 3. The molecule has 0 radical (unpaired) electrons. The van der Waals surface area contributed by atoms with Crippen LogP contribution in [0.3, 0.4) is 0 Å². The van der Waals surface area contributed by atoms with Gasteiger partial charge in [0.2, 0.25) is 5.96 Å². The molecule has 1 aromatic carbocycles. The summed E-state index contributed by atoms with van der Waals surface area (Å²) in [6.45, 7) is 0. The summed E-state index contributed by atoms with van der Waals surface area (Å²) in [4.78, 5) is 22.9. The number of pyridine rings is 1. The molecule has 0 atom stereocenters. The van der Waals surface area contributed by atoms with E-state index in [0.29, 0.717) is 10.7 Å². The van der Waals surface area contributed by atoms with Crippen molar-refractivity contribution in [2.24, 2.45) is 27.2 Å². The van der Waals surface area contributed by atoms with Gasteiger partial charge in [0.05, 0.1) is 10.6 Å². The van der Waals surface area contributed by atoms with Crippen LogP contribution < -0.4 is 17.2 Å². The Bertz CT molecular complexity index is 770. The first-order chi connectivity index (χ1) is 11.0. The van der Waals surface area contributed by atoms with E-state index in [9.17, 15) is 10.1 Å².